The molecule has 0 aromatic rings. The zero-order valence-corrected chi connectivity index (χ0v) is 23.1. The molecule has 6 fully saturated rings. The molecule has 1 saturated heterocycles. The van der Waals surface area contributed by atoms with E-state index in [0.717, 1.165) is 51.4 Å². The number of fused-ring (bicyclic) bond motifs is 2. The van der Waals surface area contributed by atoms with Gasteiger partial charge in [0.1, 0.15) is 0 Å². The van der Waals surface area contributed by atoms with E-state index < -0.39 is 23.4 Å². The normalized spacial score (nSPS) is 60.9. The van der Waals surface area contributed by atoms with Gasteiger partial charge in [0.15, 0.2) is 0 Å². The molecule has 0 aromatic carbocycles. The zero-order chi connectivity index (χ0) is 25.6. The minimum Gasteiger partial charge on any atom is -0.393 e. The molecule has 0 radical (unpaired) electrons. The summed E-state index contributed by atoms with van der Waals surface area (Å²) in [6, 6.07) is 0. The van der Waals surface area contributed by atoms with Gasteiger partial charge < -0.3 is 25.2 Å². The lowest BCUT2D eigenvalue weighted by Crippen LogP contribution is -2.62. The van der Waals surface area contributed by atoms with E-state index in [4.69, 9.17) is 4.74 Å². The van der Waals surface area contributed by atoms with Crippen molar-refractivity contribution in [3.63, 3.8) is 0 Å². The summed E-state index contributed by atoms with van der Waals surface area (Å²) in [6.07, 6.45) is 7.18. The van der Waals surface area contributed by atoms with Crippen LogP contribution in [-0.2, 0) is 4.74 Å². The van der Waals surface area contributed by atoms with Gasteiger partial charge in [-0.3, -0.25) is 0 Å². The van der Waals surface area contributed by atoms with Gasteiger partial charge in [0.25, 0.3) is 0 Å². The van der Waals surface area contributed by atoms with Crippen LogP contribution in [-0.4, -0.2) is 56.0 Å². The van der Waals surface area contributed by atoms with E-state index in [1.807, 2.05) is 13.8 Å². The fourth-order valence-electron chi connectivity index (χ4n) is 12.1. The minimum atomic E-state index is -0.886. The third-order valence-corrected chi connectivity index (χ3v) is 13.8. The quantitative estimate of drug-likeness (QED) is 0.460. The molecule has 35 heavy (non-hydrogen) atoms. The summed E-state index contributed by atoms with van der Waals surface area (Å²) in [6.45, 7) is 15.0. The number of rotatable bonds is 2. The van der Waals surface area contributed by atoms with Crippen LogP contribution in [0.5, 0.6) is 0 Å². The highest BCUT2D eigenvalue weighted by molar-refractivity contribution is 5.33. The molecule has 200 valence electrons. The predicted octanol–water partition coefficient (Wildman–Crippen LogP) is 4.44. The van der Waals surface area contributed by atoms with Crippen molar-refractivity contribution in [1.29, 1.82) is 0 Å². The Morgan fingerprint density at radius 1 is 0.771 bits per heavy atom. The van der Waals surface area contributed by atoms with Gasteiger partial charge in [-0.1, -0.05) is 27.7 Å². The Hall–Kier alpha value is -0.200. The van der Waals surface area contributed by atoms with Gasteiger partial charge in [0, 0.05) is 5.92 Å². The van der Waals surface area contributed by atoms with Gasteiger partial charge in [-0.2, -0.15) is 0 Å². The van der Waals surface area contributed by atoms with Gasteiger partial charge in [-0.15, -0.1) is 0 Å². The maximum atomic E-state index is 11.7. The van der Waals surface area contributed by atoms with E-state index in [-0.39, 0.29) is 51.1 Å². The first kappa shape index (κ1) is 25.1. The van der Waals surface area contributed by atoms with Gasteiger partial charge >= 0.3 is 0 Å². The van der Waals surface area contributed by atoms with E-state index >= 15 is 0 Å². The molecule has 4 N–H and O–H groups in total. The molecule has 5 nitrogen and oxygen atoms in total. The highest BCUT2D eigenvalue weighted by atomic mass is 16.5. The Kier molecular flexibility index (Phi) is 4.92. The van der Waals surface area contributed by atoms with Crippen molar-refractivity contribution in [2.75, 3.05) is 0 Å². The standard InChI is InChI=1S/C30H50O5/c1-24(2)20(33)8-11-30-16-29(30)13-12-26(5)23(28(7)10-9-21(35-28)25(3,4)34)18(32)15-27(26,6)19(29)14-17(31)22(24)30/h17-23,31-34H,8-16H2,1-7H3/t17-,18-,19-,20-,21-,22-,23?,26+,27-,28+,29?,30?/m0/s1. The van der Waals surface area contributed by atoms with E-state index in [9.17, 15) is 20.4 Å². The molecule has 1 heterocycles. The number of hydrogen-bond acceptors (Lipinski definition) is 5. The lowest BCUT2D eigenvalue weighted by atomic mass is 9.41. The summed E-state index contributed by atoms with van der Waals surface area (Å²) in [5, 5.41) is 45.0. The van der Waals surface area contributed by atoms with Crippen LogP contribution in [0.25, 0.3) is 0 Å². The number of aliphatic hydroxyl groups excluding tert-OH is 3. The molecule has 5 heteroatoms. The van der Waals surface area contributed by atoms with Crippen LogP contribution in [0.15, 0.2) is 0 Å². The minimum absolute atomic E-state index is 0.0267. The number of aliphatic hydroxyl groups is 4. The summed E-state index contributed by atoms with van der Waals surface area (Å²) < 4.78 is 6.66. The lowest BCUT2D eigenvalue weighted by molar-refractivity contribution is -0.213. The molecular formula is C30H50O5. The molecule has 5 saturated carbocycles. The Balaban J connectivity index is 1.37. The maximum Gasteiger partial charge on any atom is 0.0865 e. The van der Waals surface area contributed by atoms with Crippen LogP contribution >= 0.6 is 0 Å². The highest BCUT2D eigenvalue weighted by Crippen LogP contribution is 2.89. The summed E-state index contributed by atoms with van der Waals surface area (Å²) in [4.78, 5) is 0. The SMILES string of the molecule is CC(C)(O)[C@@H]1CC[C@](C)(C2[C@@H](O)C[C@@]3(C)[C@@H]4C[C@H](O)[C@H]5C(C)(C)[C@@H](O)CCC56CC46CC[C@]23C)O1. The molecule has 1 aliphatic heterocycles. The smallest absolute Gasteiger partial charge is 0.0865 e. The van der Waals surface area contributed by atoms with Crippen LogP contribution in [0.2, 0.25) is 0 Å². The maximum absolute atomic E-state index is 11.7. The Labute approximate surface area is 212 Å². The zero-order valence-electron chi connectivity index (χ0n) is 23.1. The number of hydrogen-bond donors (Lipinski definition) is 4. The van der Waals surface area contributed by atoms with Crippen molar-refractivity contribution in [3.8, 4) is 0 Å². The first-order valence-corrected chi connectivity index (χ1v) is 14.4. The topological polar surface area (TPSA) is 90.2 Å². The summed E-state index contributed by atoms with van der Waals surface area (Å²) in [5.41, 5.74) is -1.35. The molecule has 12 atom stereocenters. The van der Waals surface area contributed by atoms with Crippen LogP contribution in [0, 0.1) is 44.8 Å². The lowest BCUT2D eigenvalue weighted by Gasteiger charge is -2.64. The molecule has 5 aliphatic carbocycles. The largest absolute Gasteiger partial charge is 0.393 e. The molecule has 0 aromatic heterocycles. The summed E-state index contributed by atoms with van der Waals surface area (Å²) in [5.74, 6) is 0.577. The molecule has 6 rings (SSSR count). The van der Waals surface area contributed by atoms with Crippen LogP contribution in [0.1, 0.15) is 106 Å². The second kappa shape index (κ2) is 6.86. The van der Waals surface area contributed by atoms with E-state index in [0.29, 0.717) is 5.92 Å². The third kappa shape index (κ3) is 2.78. The van der Waals surface area contributed by atoms with Gasteiger partial charge in [-0.05, 0) is 117 Å². The molecule has 6 aliphatic rings. The molecule has 3 unspecified atom stereocenters. The molecule has 0 amide bonds. The summed E-state index contributed by atoms with van der Waals surface area (Å²) >= 11 is 0. The number of ether oxygens (including phenoxy) is 1. The van der Waals surface area contributed by atoms with Gasteiger partial charge in [-0.25, -0.2) is 0 Å². The Bertz CT molecular complexity index is 911. The average molecular weight is 491 g/mol. The highest BCUT2D eigenvalue weighted by Gasteiger charge is 2.84. The predicted molar refractivity (Wildman–Crippen MR) is 134 cm³/mol. The molecule has 2 spiro atoms. The van der Waals surface area contributed by atoms with Crippen molar-refractivity contribution in [2.45, 2.75) is 142 Å². The van der Waals surface area contributed by atoms with E-state index in [2.05, 4.69) is 34.6 Å². The van der Waals surface area contributed by atoms with Crippen LogP contribution in [0.4, 0.5) is 0 Å². The summed E-state index contributed by atoms with van der Waals surface area (Å²) in [7, 11) is 0. The van der Waals surface area contributed by atoms with Crippen LogP contribution < -0.4 is 0 Å². The van der Waals surface area contributed by atoms with Crippen molar-refractivity contribution in [3.05, 3.63) is 0 Å². The van der Waals surface area contributed by atoms with Crippen LogP contribution in [0.3, 0.4) is 0 Å². The fourth-order valence-corrected chi connectivity index (χ4v) is 12.1. The van der Waals surface area contributed by atoms with E-state index in [1.54, 1.807) is 0 Å². The first-order valence-electron chi connectivity index (χ1n) is 14.4. The van der Waals surface area contributed by atoms with Crippen molar-refractivity contribution in [1.82, 2.24) is 0 Å². The second-order valence-electron chi connectivity index (χ2n) is 15.9. The molecule has 0 bridgehead atoms. The van der Waals surface area contributed by atoms with Crippen molar-refractivity contribution in [2.24, 2.45) is 44.8 Å². The molecular weight excluding hydrogens is 440 g/mol. The third-order valence-electron chi connectivity index (χ3n) is 13.8. The van der Waals surface area contributed by atoms with Crippen molar-refractivity contribution < 1.29 is 25.2 Å². The van der Waals surface area contributed by atoms with Gasteiger partial charge in [0.2, 0.25) is 0 Å². The Morgan fingerprint density at radius 2 is 1.46 bits per heavy atom. The average Bonchev–Trinajstić information content (AvgIpc) is 3.08. The second-order valence-corrected chi connectivity index (χ2v) is 15.9. The Morgan fingerprint density at radius 3 is 2.09 bits per heavy atom. The van der Waals surface area contributed by atoms with Crippen molar-refractivity contribution >= 4 is 0 Å². The first-order chi connectivity index (χ1) is 16.0. The monoisotopic (exact) mass is 490 g/mol. The van der Waals surface area contributed by atoms with E-state index in [1.165, 1.54) is 6.42 Å². The van der Waals surface area contributed by atoms with Gasteiger partial charge in [0.05, 0.1) is 35.6 Å². The fraction of sp³-hybridized carbons (Fsp3) is 1.00.